The molecule has 5 nitrogen and oxygen atoms in total. The van der Waals surface area contributed by atoms with Crippen LogP contribution in [0.3, 0.4) is 0 Å². The molecule has 1 fully saturated rings. The fourth-order valence-corrected chi connectivity index (χ4v) is 2.22. The minimum absolute atomic E-state index is 0.251. The van der Waals surface area contributed by atoms with Crippen molar-refractivity contribution in [3.05, 3.63) is 35.4 Å². The molecule has 0 bridgehead atoms. The molecule has 0 aliphatic heterocycles. The Kier molecular flexibility index (Phi) is 3.30. The van der Waals surface area contributed by atoms with Gasteiger partial charge in [0.2, 0.25) is 5.95 Å². The molecule has 0 saturated heterocycles. The Morgan fingerprint density at radius 2 is 2.20 bits per heavy atom. The number of nitrogens with one attached hydrogen (secondary N) is 1. The van der Waals surface area contributed by atoms with Crippen molar-refractivity contribution in [1.29, 1.82) is 0 Å². The van der Waals surface area contributed by atoms with Crippen LogP contribution < -0.4 is 10.1 Å². The molecule has 6 heteroatoms. The molecule has 2 aromatic rings. The molecular formula is C14H17FN4O. The van der Waals surface area contributed by atoms with Crippen molar-refractivity contribution in [1.82, 2.24) is 14.8 Å². The molecule has 1 saturated carbocycles. The Morgan fingerprint density at radius 1 is 1.40 bits per heavy atom. The van der Waals surface area contributed by atoms with Crippen molar-refractivity contribution in [3.63, 3.8) is 0 Å². The summed E-state index contributed by atoms with van der Waals surface area (Å²) in [4.78, 5) is 0. The number of methoxy groups -OCH3 is 1. The molecule has 1 aliphatic rings. The maximum atomic E-state index is 14.0. The van der Waals surface area contributed by atoms with Crippen LogP contribution >= 0.6 is 0 Å². The number of hydrogen-bond acceptors (Lipinski definition) is 4. The van der Waals surface area contributed by atoms with E-state index in [2.05, 4.69) is 15.5 Å². The van der Waals surface area contributed by atoms with Crippen LogP contribution in [0.2, 0.25) is 0 Å². The lowest BCUT2D eigenvalue weighted by molar-refractivity contribution is 0.384. The van der Waals surface area contributed by atoms with Gasteiger partial charge < -0.3 is 14.6 Å². The summed E-state index contributed by atoms with van der Waals surface area (Å²) in [6, 6.07) is 5.10. The summed E-state index contributed by atoms with van der Waals surface area (Å²) in [7, 11) is 3.39. The monoisotopic (exact) mass is 276 g/mol. The van der Waals surface area contributed by atoms with Gasteiger partial charge in [-0.25, -0.2) is 4.39 Å². The first-order valence-corrected chi connectivity index (χ1v) is 6.65. The zero-order valence-corrected chi connectivity index (χ0v) is 11.6. The lowest BCUT2D eigenvalue weighted by Crippen LogP contribution is -2.08. The van der Waals surface area contributed by atoms with Gasteiger partial charge in [0.05, 0.1) is 7.11 Å². The second-order valence-electron chi connectivity index (χ2n) is 5.00. The molecule has 1 aromatic heterocycles. The van der Waals surface area contributed by atoms with Gasteiger partial charge in [-0.15, -0.1) is 10.2 Å². The van der Waals surface area contributed by atoms with E-state index >= 15 is 0 Å². The predicted molar refractivity (Wildman–Crippen MR) is 73.3 cm³/mol. The number of anilines is 1. The van der Waals surface area contributed by atoms with Crippen LogP contribution in [0.25, 0.3) is 0 Å². The highest BCUT2D eigenvalue weighted by molar-refractivity contribution is 5.35. The van der Waals surface area contributed by atoms with E-state index < -0.39 is 0 Å². The van der Waals surface area contributed by atoms with Crippen LogP contribution in [-0.4, -0.2) is 21.9 Å². The smallest absolute Gasteiger partial charge is 0.224 e. The van der Waals surface area contributed by atoms with Crippen LogP contribution in [0.1, 0.15) is 30.1 Å². The lowest BCUT2D eigenvalue weighted by atomic mass is 10.2. The second-order valence-corrected chi connectivity index (χ2v) is 5.00. The summed E-state index contributed by atoms with van der Waals surface area (Å²) in [6.45, 7) is 0.347. The predicted octanol–water partition coefficient (Wildman–Crippen LogP) is 2.45. The number of aromatic nitrogens is 3. The number of nitrogens with zero attached hydrogens (tertiary/aromatic N) is 3. The Hall–Kier alpha value is -2.11. The van der Waals surface area contributed by atoms with Crippen molar-refractivity contribution in [3.8, 4) is 5.75 Å². The van der Waals surface area contributed by atoms with Crippen LogP contribution in [0.4, 0.5) is 10.3 Å². The number of hydrogen-bond donors (Lipinski definition) is 1. The summed E-state index contributed by atoms with van der Waals surface area (Å²) in [5, 5.41) is 11.4. The van der Waals surface area contributed by atoms with Crippen molar-refractivity contribution in [2.45, 2.75) is 25.3 Å². The van der Waals surface area contributed by atoms with E-state index in [0.29, 0.717) is 24.0 Å². The third kappa shape index (κ3) is 2.33. The Balaban J connectivity index is 1.73. The largest absolute Gasteiger partial charge is 0.494 e. The van der Waals surface area contributed by atoms with E-state index in [4.69, 9.17) is 4.74 Å². The van der Waals surface area contributed by atoms with Crippen molar-refractivity contribution in [2.75, 3.05) is 12.4 Å². The molecule has 0 amide bonds. The fourth-order valence-electron chi connectivity index (χ4n) is 2.22. The van der Waals surface area contributed by atoms with Gasteiger partial charge in [-0.2, -0.15) is 0 Å². The zero-order chi connectivity index (χ0) is 14.1. The minimum Gasteiger partial charge on any atom is -0.494 e. The average molecular weight is 276 g/mol. The van der Waals surface area contributed by atoms with Crippen LogP contribution in [0.15, 0.2) is 18.2 Å². The van der Waals surface area contributed by atoms with Gasteiger partial charge in [0.25, 0.3) is 0 Å². The normalized spacial score (nSPS) is 14.3. The summed E-state index contributed by atoms with van der Waals surface area (Å²) >= 11 is 0. The van der Waals surface area contributed by atoms with Crippen LogP contribution in [-0.2, 0) is 13.6 Å². The summed E-state index contributed by atoms with van der Waals surface area (Å²) in [6.07, 6.45) is 2.35. The number of rotatable bonds is 5. The maximum absolute atomic E-state index is 14.0. The van der Waals surface area contributed by atoms with Crippen LogP contribution in [0, 0.1) is 5.82 Å². The van der Waals surface area contributed by atoms with E-state index in [9.17, 15) is 4.39 Å². The molecule has 3 rings (SSSR count). The first kappa shape index (κ1) is 12.9. The first-order valence-electron chi connectivity index (χ1n) is 6.65. The highest BCUT2D eigenvalue weighted by Crippen LogP contribution is 2.39. The third-order valence-corrected chi connectivity index (χ3v) is 3.55. The highest BCUT2D eigenvalue weighted by Gasteiger charge is 2.29. The van der Waals surface area contributed by atoms with E-state index in [1.165, 1.54) is 20.0 Å². The fraction of sp³-hybridized carbons (Fsp3) is 0.429. The van der Waals surface area contributed by atoms with Crippen LogP contribution in [0.5, 0.6) is 5.75 Å². The summed E-state index contributed by atoms with van der Waals surface area (Å²) < 4.78 is 20.9. The molecule has 20 heavy (non-hydrogen) atoms. The third-order valence-electron chi connectivity index (χ3n) is 3.55. The van der Waals surface area contributed by atoms with Gasteiger partial charge in [0.1, 0.15) is 5.82 Å². The number of benzene rings is 1. The minimum atomic E-state index is -0.341. The van der Waals surface area contributed by atoms with E-state index in [0.717, 1.165) is 5.82 Å². The van der Waals surface area contributed by atoms with Gasteiger partial charge in [-0.1, -0.05) is 12.1 Å². The van der Waals surface area contributed by atoms with E-state index in [-0.39, 0.29) is 11.6 Å². The zero-order valence-electron chi connectivity index (χ0n) is 11.6. The highest BCUT2D eigenvalue weighted by atomic mass is 19.1. The standard InChI is InChI=1S/C14H17FN4O/c1-19-13(9-6-7-9)17-18-14(19)16-8-10-4-3-5-11(20-2)12(10)15/h3-5,9H,6-8H2,1-2H3,(H,16,18). The first-order chi connectivity index (χ1) is 9.70. The Bertz CT molecular complexity index is 622. The Morgan fingerprint density at radius 3 is 2.90 bits per heavy atom. The molecule has 1 N–H and O–H groups in total. The van der Waals surface area contributed by atoms with Crippen molar-refractivity contribution in [2.24, 2.45) is 7.05 Å². The van der Waals surface area contributed by atoms with Gasteiger partial charge in [0, 0.05) is 25.1 Å². The van der Waals surface area contributed by atoms with Gasteiger partial charge in [0.15, 0.2) is 11.6 Å². The molecule has 0 radical (unpaired) electrons. The Labute approximate surface area is 116 Å². The molecule has 0 unspecified atom stereocenters. The maximum Gasteiger partial charge on any atom is 0.224 e. The number of halogens is 1. The molecular weight excluding hydrogens is 259 g/mol. The molecule has 1 heterocycles. The second kappa shape index (κ2) is 5.11. The molecule has 1 aliphatic carbocycles. The topological polar surface area (TPSA) is 52.0 Å². The average Bonchev–Trinajstić information content (AvgIpc) is 3.23. The van der Waals surface area contributed by atoms with Crippen molar-refractivity contribution < 1.29 is 9.13 Å². The molecule has 106 valence electrons. The summed E-state index contributed by atoms with van der Waals surface area (Å²) in [5.41, 5.74) is 0.542. The molecule has 1 aromatic carbocycles. The van der Waals surface area contributed by atoms with Gasteiger partial charge in [-0.05, 0) is 18.9 Å². The number of ether oxygens (including phenoxy) is 1. The van der Waals surface area contributed by atoms with E-state index in [1.807, 2.05) is 11.6 Å². The quantitative estimate of drug-likeness (QED) is 0.911. The SMILES string of the molecule is COc1cccc(CNc2nnc(C3CC3)n2C)c1F. The van der Waals surface area contributed by atoms with Gasteiger partial charge in [-0.3, -0.25) is 0 Å². The molecule has 0 spiro atoms. The summed E-state index contributed by atoms with van der Waals surface area (Å²) in [5.74, 6) is 2.11. The van der Waals surface area contributed by atoms with E-state index in [1.54, 1.807) is 18.2 Å². The molecule has 0 atom stereocenters. The van der Waals surface area contributed by atoms with Crippen molar-refractivity contribution >= 4 is 5.95 Å². The lowest BCUT2D eigenvalue weighted by Gasteiger charge is -2.09. The van der Waals surface area contributed by atoms with Gasteiger partial charge >= 0.3 is 0 Å².